The summed E-state index contributed by atoms with van der Waals surface area (Å²) in [5.74, 6) is -0.167. The quantitative estimate of drug-likeness (QED) is 0.816. The Labute approximate surface area is 100 Å². The second-order valence-electron chi connectivity index (χ2n) is 4.08. The summed E-state index contributed by atoms with van der Waals surface area (Å²) in [7, 11) is 0. The van der Waals surface area contributed by atoms with Crippen molar-refractivity contribution in [3.8, 4) is 0 Å². The first-order valence-corrected chi connectivity index (χ1v) is 5.89. The molecule has 0 aliphatic carbocycles. The summed E-state index contributed by atoms with van der Waals surface area (Å²) in [5, 5.41) is 0. The Morgan fingerprint density at radius 2 is 2.31 bits per heavy atom. The molecular weight excluding hydrogens is 223 g/mol. The molecule has 0 spiro atoms. The standard InChI is InChI=1S/C12H15FN2S/c13-10-4-3-9-5-7-15(11(9)8-10)6-1-2-12(14)16/h3-4,8H,1-2,5-7H2,(H2,14,16). The van der Waals surface area contributed by atoms with Crippen molar-refractivity contribution in [1.29, 1.82) is 0 Å². The highest BCUT2D eigenvalue weighted by Gasteiger charge is 2.18. The zero-order valence-electron chi connectivity index (χ0n) is 9.08. The second-order valence-corrected chi connectivity index (χ2v) is 4.60. The molecule has 0 atom stereocenters. The van der Waals surface area contributed by atoms with Crippen molar-refractivity contribution in [2.24, 2.45) is 5.73 Å². The Morgan fingerprint density at radius 3 is 3.06 bits per heavy atom. The molecule has 1 aromatic carbocycles. The summed E-state index contributed by atoms with van der Waals surface area (Å²) in [5.41, 5.74) is 7.71. The van der Waals surface area contributed by atoms with Crippen molar-refractivity contribution < 1.29 is 4.39 Å². The molecule has 0 fully saturated rings. The van der Waals surface area contributed by atoms with Gasteiger partial charge in [-0.2, -0.15) is 0 Å². The van der Waals surface area contributed by atoms with Gasteiger partial charge in [-0.1, -0.05) is 18.3 Å². The molecule has 2 N–H and O–H groups in total. The predicted molar refractivity (Wildman–Crippen MR) is 68.3 cm³/mol. The molecule has 2 nitrogen and oxygen atoms in total. The Bertz CT molecular complexity index is 406. The molecule has 0 radical (unpaired) electrons. The molecule has 4 heteroatoms. The minimum Gasteiger partial charge on any atom is -0.393 e. The number of hydrogen-bond donors (Lipinski definition) is 1. The third-order valence-corrected chi connectivity index (χ3v) is 3.09. The lowest BCUT2D eigenvalue weighted by Crippen LogP contribution is -2.23. The average molecular weight is 238 g/mol. The van der Waals surface area contributed by atoms with Crippen LogP contribution in [0.2, 0.25) is 0 Å². The molecule has 1 aromatic rings. The van der Waals surface area contributed by atoms with E-state index in [1.165, 1.54) is 11.6 Å². The van der Waals surface area contributed by atoms with E-state index in [9.17, 15) is 4.39 Å². The van der Waals surface area contributed by atoms with Gasteiger partial charge >= 0.3 is 0 Å². The Hall–Kier alpha value is -1.16. The molecular formula is C12H15FN2S. The maximum atomic E-state index is 13.1. The maximum Gasteiger partial charge on any atom is 0.125 e. The highest BCUT2D eigenvalue weighted by Crippen LogP contribution is 2.28. The molecule has 0 aromatic heterocycles. The average Bonchev–Trinajstić information content (AvgIpc) is 2.60. The van der Waals surface area contributed by atoms with E-state index in [2.05, 4.69) is 4.90 Å². The molecule has 0 saturated carbocycles. The minimum absolute atomic E-state index is 0.167. The fourth-order valence-electron chi connectivity index (χ4n) is 2.10. The lowest BCUT2D eigenvalue weighted by atomic mass is 10.1. The summed E-state index contributed by atoms with van der Waals surface area (Å²) in [6.07, 6.45) is 2.70. The van der Waals surface area contributed by atoms with Crippen LogP contribution < -0.4 is 10.6 Å². The maximum absolute atomic E-state index is 13.1. The van der Waals surface area contributed by atoms with Crippen LogP contribution in [0.4, 0.5) is 10.1 Å². The van der Waals surface area contributed by atoms with Gasteiger partial charge in [-0.05, 0) is 37.0 Å². The highest BCUT2D eigenvalue weighted by molar-refractivity contribution is 7.80. The predicted octanol–water partition coefficient (Wildman–Crippen LogP) is 2.25. The summed E-state index contributed by atoms with van der Waals surface area (Å²) in [6.45, 7) is 1.86. The largest absolute Gasteiger partial charge is 0.393 e. The van der Waals surface area contributed by atoms with Gasteiger partial charge in [0.2, 0.25) is 0 Å². The smallest absolute Gasteiger partial charge is 0.125 e. The normalized spacial score (nSPS) is 13.9. The molecule has 16 heavy (non-hydrogen) atoms. The van der Waals surface area contributed by atoms with Crippen LogP contribution in [0.25, 0.3) is 0 Å². The monoisotopic (exact) mass is 238 g/mol. The van der Waals surface area contributed by atoms with Crippen molar-refractivity contribution in [1.82, 2.24) is 0 Å². The van der Waals surface area contributed by atoms with Gasteiger partial charge in [0.1, 0.15) is 5.82 Å². The lowest BCUT2D eigenvalue weighted by Gasteiger charge is -2.19. The number of rotatable bonds is 4. The number of halogens is 1. The topological polar surface area (TPSA) is 29.3 Å². The van der Waals surface area contributed by atoms with Crippen LogP contribution in [0.15, 0.2) is 18.2 Å². The minimum atomic E-state index is -0.167. The number of fused-ring (bicyclic) bond motifs is 1. The molecule has 0 saturated heterocycles. The molecule has 0 amide bonds. The number of nitrogens with zero attached hydrogens (tertiary/aromatic N) is 1. The van der Waals surface area contributed by atoms with E-state index in [1.807, 2.05) is 6.07 Å². The van der Waals surface area contributed by atoms with E-state index in [0.29, 0.717) is 4.99 Å². The van der Waals surface area contributed by atoms with Crippen LogP contribution in [0.5, 0.6) is 0 Å². The van der Waals surface area contributed by atoms with Crippen molar-refractivity contribution in [2.75, 3.05) is 18.0 Å². The van der Waals surface area contributed by atoms with Gasteiger partial charge in [-0.25, -0.2) is 4.39 Å². The molecule has 86 valence electrons. The van der Waals surface area contributed by atoms with Gasteiger partial charge in [0, 0.05) is 18.8 Å². The Kier molecular flexibility index (Phi) is 3.39. The molecule has 1 heterocycles. The first-order chi connectivity index (χ1) is 7.66. The van der Waals surface area contributed by atoms with Crippen LogP contribution in [-0.2, 0) is 6.42 Å². The third-order valence-electron chi connectivity index (χ3n) is 2.89. The van der Waals surface area contributed by atoms with E-state index in [0.717, 1.165) is 38.0 Å². The van der Waals surface area contributed by atoms with E-state index >= 15 is 0 Å². The Morgan fingerprint density at radius 1 is 1.50 bits per heavy atom. The van der Waals surface area contributed by atoms with Crippen LogP contribution in [0.1, 0.15) is 18.4 Å². The van der Waals surface area contributed by atoms with Crippen molar-refractivity contribution >= 4 is 22.9 Å². The summed E-state index contributed by atoms with van der Waals surface area (Å²) in [6, 6.07) is 5.01. The summed E-state index contributed by atoms with van der Waals surface area (Å²) in [4.78, 5) is 2.76. The molecule has 1 aliphatic heterocycles. The van der Waals surface area contributed by atoms with Crippen molar-refractivity contribution in [3.63, 3.8) is 0 Å². The van der Waals surface area contributed by atoms with Gasteiger partial charge in [0.25, 0.3) is 0 Å². The number of thiocarbonyl (C=S) groups is 1. The van der Waals surface area contributed by atoms with E-state index in [1.54, 1.807) is 6.07 Å². The molecule has 1 aliphatic rings. The van der Waals surface area contributed by atoms with E-state index in [-0.39, 0.29) is 5.82 Å². The number of nitrogens with two attached hydrogens (primary N) is 1. The molecule has 2 rings (SSSR count). The first-order valence-electron chi connectivity index (χ1n) is 5.48. The SMILES string of the molecule is NC(=S)CCCN1CCc2ccc(F)cc21. The van der Waals surface area contributed by atoms with Gasteiger partial charge in [0.05, 0.1) is 4.99 Å². The molecule has 0 unspecified atom stereocenters. The highest BCUT2D eigenvalue weighted by atomic mass is 32.1. The van der Waals surface area contributed by atoms with Crippen LogP contribution in [-0.4, -0.2) is 18.1 Å². The van der Waals surface area contributed by atoms with E-state index < -0.39 is 0 Å². The fraction of sp³-hybridized carbons (Fsp3) is 0.417. The van der Waals surface area contributed by atoms with Crippen LogP contribution in [0.3, 0.4) is 0 Å². The number of hydrogen-bond acceptors (Lipinski definition) is 2. The number of anilines is 1. The zero-order chi connectivity index (χ0) is 11.5. The third kappa shape index (κ3) is 2.50. The summed E-state index contributed by atoms with van der Waals surface area (Å²) >= 11 is 4.83. The van der Waals surface area contributed by atoms with Crippen LogP contribution >= 0.6 is 12.2 Å². The fourth-order valence-corrected chi connectivity index (χ4v) is 2.24. The van der Waals surface area contributed by atoms with E-state index in [4.69, 9.17) is 18.0 Å². The zero-order valence-corrected chi connectivity index (χ0v) is 9.89. The second kappa shape index (κ2) is 4.78. The summed E-state index contributed by atoms with van der Waals surface area (Å²) < 4.78 is 13.1. The van der Waals surface area contributed by atoms with Gasteiger partial charge < -0.3 is 10.6 Å². The Balaban J connectivity index is 2.00. The van der Waals surface area contributed by atoms with Crippen molar-refractivity contribution in [2.45, 2.75) is 19.3 Å². The van der Waals surface area contributed by atoms with Gasteiger partial charge in [-0.3, -0.25) is 0 Å². The lowest BCUT2D eigenvalue weighted by molar-refractivity contribution is 0.627. The van der Waals surface area contributed by atoms with Crippen molar-refractivity contribution in [3.05, 3.63) is 29.6 Å². The van der Waals surface area contributed by atoms with Crippen LogP contribution in [0, 0.1) is 5.82 Å². The van der Waals surface area contributed by atoms with Gasteiger partial charge in [0.15, 0.2) is 0 Å². The number of benzene rings is 1. The first kappa shape index (κ1) is 11.3. The molecule has 0 bridgehead atoms. The van der Waals surface area contributed by atoms with Gasteiger partial charge in [-0.15, -0.1) is 0 Å².